The second kappa shape index (κ2) is 6.29. The van der Waals surface area contributed by atoms with E-state index in [1.807, 2.05) is 24.3 Å². The highest BCUT2D eigenvalue weighted by molar-refractivity contribution is 7.07. The molecule has 0 aliphatic heterocycles. The molecule has 5 nitrogen and oxygen atoms in total. The molecule has 0 aliphatic rings. The van der Waals surface area contributed by atoms with Gasteiger partial charge in [-0.2, -0.15) is 4.37 Å². The lowest BCUT2D eigenvalue weighted by atomic mass is 10.1. The molecule has 1 N–H and O–H groups in total. The van der Waals surface area contributed by atoms with Gasteiger partial charge in [-0.05, 0) is 42.6 Å². The summed E-state index contributed by atoms with van der Waals surface area (Å²) in [6.07, 6.45) is 0.751. The van der Waals surface area contributed by atoms with E-state index in [1.165, 1.54) is 0 Å². The van der Waals surface area contributed by atoms with Crippen molar-refractivity contribution < 1.29 is 9.53 Å². The summed E-state index contributed by atoms with van der Waals surface area (Å²) in [5, 5.41) is 3.23. The van der Waals surface area contributed by atoms with Crippen LogP contribution in [-0.4, -0.2) is 28.9 Å². The first-order chi connectivity index (χ1) is 9.19. The molecular weight excluding hydrogens is 262 g/mol. The van der Waals surface area contributed by atoms with E-state index in [0.29, 0.717) is 17.4 Å². The molecule has 1 aromatic carbocycles. The lowest BCUT2D eigenvalue weighted by Gasteiger charge is -2.05. The second-order valence-corrected chi connectivity index (χ2v) is 4.76. The number of carbonyl (C=O) groups excluding carboxylic acids is 1. The highest BCUT2D eigenvalue weighted by atomic mass is 32.1. The summed E-state index contributed by atoms with van der Waals surface area (Å²) >= 11 is 1.12. The van der Waals surface area contributed by atoms with Crippen LogP contribution in [0.3, 0.4) is 0 Å². The van der Waals surface area contributed by atoms with E-state index >= 15 is 0 Å². The number of hydrogen-bond donors (Lipinski definition) is 1. The van der Waals surface area contributed by atoms with Gasteiger partial charge in [0.1, 0.15) is 11.6 Å². The zero-order chi connectivity index (χ0) is 13.7. The molecule has 100 valence electrons. The molecule has 1 heterocycles. The molecular formula is C13H15N3O2S. The van der Waals surface area contributed by atoms with Crippen molar-refractivity contribution in [3.63, 3.8) is 0 Å². The van der Waals surface area contributed by atoms with Crippen molar-refractivity contribution in [2.24, 2.45) is 0 Å². The maximum absolute atomic E-state index is 11.7. The Bertz CT molecular complexity index is 569. The second-order valence-electron chi connectivity index (χ2n) is 4.00. The van der Waals surface area contributed by atoms with Gasteiger partial charge in [0.15, 0.2) is 0 Å². The Kier molecular flexibility index (Phi) is 4.46. The average Bonchev–Trinajstić information content (AvgIpc) is 2.86. The van der Waals surface area contributed by atoms with E-state index in [1.54, 1.807) is 14.0 Å². The van der Waals surface area contributed by atoms with Crippen LogP contribution in [0, 0.1) is 6.92 Å². The van der Waals surface area contributed by atoms with Gasteiger partial charge in [-0.1, -0.05) is 12.1 Å². The first-order valence-electron chi connectivity index (χ1n) is 5.90. The first-order valence-corrected chi connectivity index (χ1v) is 6.68. The minimum atomic E-state index is -0.173. The van der Waals surface area contributed by atoms with Gasteiger partial charge in [0.25, 0.3) is 5.91 Å². The summed E-state index contributed by atoms with van der Waals surface area (Å²) in [7, 11) is 1.64. The Morgan fingerprint density at radius 2 is 2.32 bits per heavy atom. The zero-order valence-electron chi connectivity index (χ0n) is 10.8. The molecule has 0 aliphatic carbocycles. The van der Waals surface area contributed by atoms with Crippen molar-refractivity contribution in [2.45, 2.75) is 13.3 Å². The number of aromatic nitrogens is 2. The van der Waals surface area contributed by atoms with Crippen LogP contribution < -0.4 is 10.1 Å². The SMILES string of the molecule is COc1cccc(CCNC(=O)c2nc(C)ns2)c1. The summed E-state index contributed by atoms with van der Waals surface area (Å²) in [6.45, 7) is 2.33. The summed E-state index contributed by atoms with van der Waals surface area (Å²) in [5.74, 6) is 1.28. The van der Waals surface area contributed by atoms with Crippen LogP contribution in [0.4, 0.5) is 0 Å². The molecule has 19 heavy (non-hydrogen) atoms. The Hall–Kier alpha value is -1.95. The standard InChI is InChI=1S/C13H15N3O2S/c1-9-15-13(19-16-9)12(17)14-7-6-10-4-3-5-11(8-10)18-2/h3-5,8H,6-7H2,1-2H3,(H,14,17). The van der Waals surface area contributed by atoms with Crippen LogP contribution >= 0.6 is 11.5 Å². The van der Waals surface area contributed by atoms with Crippen molar-refractivity contribution in [3.8, 4) is 5.75 Å². The molecule has 1 aromatic heterocycles. The molecule has 0 unspecified atom stereocenters. The third-order valence-electron chi connectivity index (χ3n) is 2.56. The minimum Gasteiger partial charge on any atom is -0.497 e. The van der Waals surface area contributed by atoms with Crippen molar-refractivity contribution >= 4 is 17.4 Å². The van der Waals surface area contributed by atoms with Crippen molar-refractivity contribution in [2.75, 3.05) is 13.7 Å². The summed E-state index contributed by atoms with van der Waals surface area (Å²) in [5.41, 5.74) is 1.12. The topological polar surface area (TPSA) is 64.1 Å². The molecule has 0 radical (unpaired) electrons. The number of ether oxygens (including phenoxy) is 1. The van der Waals surface area contributed by atoms with E-state index in [2.05, 4.69) is 14.7 Å². The van der Waals surface area contributed by atoms with Gasteiger partial charge >= 0.3 is 0 Å². The lowest BCUT2D eigenvalue weighted by molar-refractivity contribution is 0.0953. The zero-order valence-corrected chi connectivity index (χ0v) is 11.7. The van der Waals surface area contributed by atoms with Gasteiger partial charge < -0.3 is 10.1 Å². The summed E-state index contributed by atoms with van der Waals surface area (Å²) < 4.78 is 9.13. The van der Waals surface area contributed by atoms with E-state index in [9.17, 15) is 4.79 Å². The summed E-state index contributed by atoms with van der Waals surface area (Å²) in [6, 6.07) is 7.79. The fraction of sp³-hybridized carbons (Fsp3) is 0.308. The third kappa shape index (κ3) is 3.75. The number of nitrogens with zero attached hydrogens (tertiary/aromatic N) is 2. The lowest BCUT2D eigenvalue weighted by Crippen LogP contribution is -2.25. The molecule has 1 amide bonds. The van der Waals surface area contributed by atoms with Crippen LogP contribution in [0.1, 0.15) is 21.2 Å². The van der Waals surface area contributed by atoms with Crippen LogP contribution in [0.25, 0.3) is 0 Å². The number of hydrogen-bond acceptors (Lipinski definition) is 5. The van der Waals surface area contributed by atoms with Gasteiger partial charge in [-0.25, -0.2) is 4.98 Å². The Morgan fingerprint density at radius 1 is 1.47 bits per heavy atom. The molecule has 2 aromatic rings. The molecule has 6 heteroatoms. The molecule has 0 atom stereocenters. The number of rotatable bonds is 5. The molecule has 0 spiro atoms. The van der Waals surface area contributed by atoms with E-state index < -0.39 is 0 Å². The maximum atomic E-state index is 11.7. The predicted octanol–water partition coefficient (Wildman–Crippen LogP) is 1.83. The van der Waals surface area contributed by atoms with E-state index in [0.717, 1.165) is 29.3 Å². The molecule has 0 fully saturated rings. The highest BCUT2D eigenvalue weighted by Gasteiger charge is 2.09. The monoisotopic (exact) mass is 277 g/mol. The van der Waals surface area contributed by atoms with Crippen molar-refractivity contribution in [3.05, 3.63) is 40.7 Å². The highest BCUT2D eigenvalue weighted by Crippen LogP contribution is 2.12. The van der Waals surface area contributed by atoms with Gasteiger partial charge in [-0.15, -0.1) is 0 Å². The third-order valence-corrected chi connectivity index (χ3v) is 3.36. The van der Waals surface area contributed by atoms with Crippen LogP contribution in [0.15, 0.2) is 24.3 Å². The smallest absolute Gasteiger partial charge is 0.281 e. The van der Waals surface area contributed by atoms with Gasteiger partial charge in [-0.3, -0.25) is 4.79 Å². The molecule has 0 bridgehead atoms. The van der Waals surface area contributed by atoms with Gasteiger partial charge in [0, 0.05) is 6.54 Å². The number of amides is 1. The number of aryl methyl sites for hydroxylation is 1. The van der Waals surface area contributed by atoms with E-state index in [4.69, 9.17) is 4.74 Å². The minimum absolute atomic E-state index is 0.173. The molecule has 0 saturated carbocycles. The van der Waals surface area contributed by atoms with Crippen LogP contribution in [0.5, 0.6) is 5.75 Å². The number of nitrogens with one attached hydrogen (secondary N) is 1. The quantitative estimate of drug-likeness (QED) is 0.905. The van der Waals surface area contributed by atoms with Gasteiger partial charge in [0.05, 0.1) is 7.11 Å². The Balaban J connectivity index is 1.84. The number of carbonyl (C=O) groups is 1. The summed E-state index contributed by atoms with van der Waals surface area (Å²) in [4.78, 5) is 15.8. The maximum Gasteiger partial charge on any atom is 0.281 e. The first kappa shape index (κ1) is 13.5. The number of benzene rings is 1. The van der Waals surface area contributed by atoms with Crippen LogP contribution in [-0.2, 0) is 6.42 Å². The van der Waals surface area contributed by atoms with E-state index in [-0.39, 0.29) is 5.91 Å². The Labute approximate surface area is 115 Å². The molecule has 2 rings (SSSR count). The van der Waals surface area contributed by atoms with Crippen molar-refractivity contribution in [1.82, 2.24) is 14.7 Å². The van der Waals surface area contributed by atoms with Crippen LogP contribution in [0.2, 0.25) is 0 Å². The van der Waals surface area contributed by atoms with Crippen molar-refractivity contribution in [1.29, 1.82) is 0 Å². The Morgan fingerprint density at radius 3 is 3.00 bits per heavy atom. The fourth-order valence-corrected chi connectivity index (χ4v) is 2.20. The molecule has 0 saturated heterocycles. The number of methoxy groups -OCH3 is 1. The average molecular weight is 277 g/mol. The fourth-order valence-electron chi connectivity index (χ4n) is 1.61. The largest absolute Gasteiger partial charge is 0.497 e. The normalized spacial score (nSPS) is 10.2. The predicted molar refractivity (Wildman–Crippen MR) is 73.7 cm³/mol. The van der Waals surface area contributed by atoms with Gasteiger partial charge in [0.2, 0.25) is 5.01 Å².